The number of rotatable bonds is 5. The number of benzene rings is 2. The van der Waals surface area contributed by atoms with Crippen LogP contribution in [0.1, 0.15) is 68.2 Å². The highest BCUT2D eigenvalue weighted by Gasteiger charge is 2.48. The lowest BCUT2D eigenvalue weighted by atomic mass is 9.69. The van der Waals surface area contributed by atoms with Gasteiger partial charge in [-0.3, -0.25) is 4.79 Å². The van der Waals surface area contributed by atoms with E-state index in [9.17, 15) is 9.59 Å². The number of halogens is 1. The smallest absolute Gasteiger partial charge is 0.343 e. The largest absolute Gasteiger partial charge is 0.488 e. The normalized spacial score (nSPS) is 20.9. The molecule has 1 saturated carbocycles. The highest BCUT2D eigenvalue weighted by atomic mass is 79.9. The van der Waals surface area contributed by atoms with Crippen LogP contribution in [0.5, 0.6) is 5.75 Å². The number of nitrogens with zero attached hydrogens (tertiary/aromatic N) is 1. The zero-order chi connectivity index (χ0) is 23.7. The van der Waals surface area contributed by atoms with Gasteiger partial charge >= 0.3 is 5.97 Å². The Bertz CT molecular complexity index is 1120. The zero-order valence-electron chi connectivity index (χ0n) is 19.5. The van der Waals surface area contributed by atoms with Crippen LogP contribution in [0.4, 0.5) is 0 Å². The van der Waals surface area contributed by atoms with Crippen molar-refractivity contribution >= 4 is 27.7 Å². The van der Waals surface area contributed by atoms with E-state index in [1.807, 2.05) is 24.4 Å². The quantitative estimate of drug-likeness (QED) is 0.352. The Morgan fingerprint density at radius 3 is 2.65 bits per heavy atom. The average molecular weight is 524 g/mol. The average Bonchev–Trinajstić information content (AvgIpc) is 2.84. The molecule has 5 nitrogen and oxygen atoms in total. The zero-order valence-corrected chi connectivity index (χ0v) is 21.1. The SMILES string of the molecule is CCOC(=O)C1=CN2C(CC1=O)c1cc(Br)c(OCc3ccccc3)cc1CC21CCCCC1. The highest BCUT2D eigenvalue weighted by molar-refractivity contribution is 9.10. The van der Waals surface area contributed by atoms with E-state index in [0.717, 1.165) is 53.5 Å². The standard InChI is InChI=1S/C28H30BrNO4/c1-2-33-27(32)22-17-30-24(15-25(22)31)21-14-23(29)26(34-18-19-9-5-3-6-10-19)13-20(21)16-28(30)11-7-4-8-12-28/h3,5-6,9-10,13-14,17,24H,2,4,7-8,11-12,15-16,18H2,1H3. The second kappa shape index (κ2) is 9.57. The summed E-state index contributed by atoms with van der Waals surface area (Å²) in [5.74, 6) is 0.180. The molecular weight excluding hydrogens is 494 g/mol. The first-order valence-corrected chi connectivity index (χ1v) is 13.0. The van der Waals surface area contributed by atoms with Gasteiger partial charge in [-0.05, 0) is 70.9 Å². The number of fused-ring (bicyclic) bond motifs is 4. The van der Waals surface area contributed by atoms with E-state index >= 15 is 0 Å². The van der Waals surface area contributed by atoms with Crippen molar-refractivity contribution < 1.29 is 19.1 Å². The number of ketones is 1. The molecule has 178 valence electrons. The van der Waals surface area contributed by atoms with Gasteiger partial charge in [0.1, 0.15) is 17.9 Å². The number of carbonyl (C=O) groups is 2. The van der Waals surface area contributed by atoms with Crippen LogP contribution < -0.4 is 4.74 Å². The Morgan fingerprint density at radius 2 is 1.91 bits per heavy atom. The van der Waals surface area contributed by atoms with Gasteiger partial charge in [-0.25, -0.2) is 4.79 Å². The monoisotopic (exact) mass is 523 g/mol. The van der Waals surface area contributed by atoms with E-state index in [1.54, 1.807) is 6.92 Å². The van der Waals surface area contributed by atoms with Crippen LogP contribution in [0.2, 0.25) is 0 Å². The molecule has 0 aromatic heterocycles. The van der Waals surface area contributed by atoms with E-state index in [1.165, 1.54) is 12.0 Å². The Labute approximate surface area is 209 Å². The number of ether oxygens (including phenoxy) is 2. The van der Waals surface area contributed by atoms with Crippen LogP contribution >= 0.6 is 15.9 Å². The lowest BCUT2D eigenvalue weighted by Crippen LogP contribution is -2.55. The van der Waals surface area contributed by atoms with Crippen molar-refractivity contribution in [3.63, 3.8) is 0 Å². The fourth-order valence-electron chi connectivity index (χ4n) is 5.80. The molecular formula is C28H30BrNO4. The van der Waals surface area contributed by atoms with E-state index in [4.69, 9.17) is 9.47 Å². The third kappa shape index (κ3) is 4.28. The molecule has 0 saturated heterocycles. The van der Waals surface area contributed by atoms with Crippen LogP contribution in [0, 0.1) is 0 Å². The lowest BCUT2D eigenvalue weighted by molar-refractivity contribution is -0.141. The van der Waals surface area contributed by atoms with E-state index in [2.05, 4.69) is 45.1 Å². The maximum absolute atomic E-state index is 13.0. The minimum absolute atomic E-state index is 0.0769. The van der Waals surface area contributed by atoms with Crippen molar-refractivity contribution in [3.8, 4) is 5.75 Å². The summed E-state index contributed by atoms with van der Waals surface area (Å²) in [4.78, 5) is 27.9. The first-order valence-electron chi connectivity index (χ1n) is 12.2. The van der Waals surface area contributed by atoms with Gasteiger partial charge < -0.3 is 14.4 Å². The van der Waals surface area contributed by atoms with Crippen molar-refractivity contribution in [1.29, 1.82) is 0 Å². The summed E-state index contributed by atoms with van der Waals surface area (Å²) in [6, 6.07) is 14.3. The Balaban J connectivity index is 1.51. The molecule has 2 aromatic rings. The molecule has 1 unspecified atom stereocenters. The third-order valence-corrected chi connectivity index (χ3v) is 8.04. The molecule has 1 aliphatic carbocycles. The molecule has 3 aliphatic rings. The molecule has 0 amide bonds. The van der Waals surface area contributed by atoms with Crippen molar-refractivity contribution in [3.05, 3.63) is 75.4 Å². The predicted octanol–water partition coefficient (Wildman–Crippen LogP) is 6.05. The molecule has 0 N–H and O–H groups in total. The molecule has 1 spiro atoms. The van der Waals surface area contributed by atoms with Gasteiger partial charge in [0.2, 0.25) is 0 Å². The maximum Gasteiger partial charge on any atom is 0.343 e. The lowest BCUT2D eigenvalue weighted by Gasteiger charge is -2.55. The number of hydrogen-bond donors (Lipinski definition) is 0. The predicted molar refractivity (Wildman–Crippen MR) is 133 cm³/mol. The molecule has 6 heteroatoms. The Kier molecular flexibility index (Phi) is 6.52. The minimum atomic E-state index is -0.506. The third-order valence-electron chi connectivity index (χ3n) is 7.42. The van der Waals surface area contributed by atoms with Crippen LogP contribution in [0.15, 0.2) is 58.7 Å². The van der Waals surface area contributed by atoms with Crippen LogP contribution in [-0.2, 0) is 27.4 Å². The molecule has 1 fully saturated rings. The summed E-state index contributed by atoms with van der Waals surface area (Å²) < 4.78 is 12.3. The fraction of sp³-hybridized carbons (Fsp3) is 0.429. The summed E-state index contributed by atoms with van der Waals surface area (Å²) in [6.07, 6.45) is 8.64. The topological polar surface area (TPSA) is 55.8 Å². The van der Waals surface area contributed by atoms with Crippen LogP contribution in [-0.4, -0.2) is 28.8 Å². The van der Waals surface area contributed by atoms with Gasteiger partial charge in [0.05, 0.1) is 17.1 Å². The number of hydrogen-bond acceptors (Lipinski definition) is 5. The number of esters is 1. The second-order valence-electron chi connectivity index (χ2n) is 9.53. The van der Waals surface area contributed by atoms with Gasteiger partial charge in [0.25, 0.3) is 0 Å². The summed E-state index contributed by atoms with van der Waals surface area (Å²) in [5, 5.41) is 0. The van der Waals surface area contributed by atoms with Gasteiger partial charge in [-0.1, -0.05) is 49.6 Å². The molecule has 0 radical (unpaired) electrons. The first-order chi connectivity index (χ1) is 16.5. The molecule has 0 bridgehead atoms. The van der Waals surface area contributed by atoms with E-state index < -0.39 is 5.97 Å². The fourth-order valence-corrected chi connectivity index (χ4v) is 6.27. The summed E-state index contributed by atoms with van der Waals surface area (Å²) in [6.45, 7) is 2.53. The molecule has 2 heterocycles. The van der Waals surface area contributed by atoms with E-state index in [0.29, 0.717) is 6.61 Å². The summed E-state index contributed by atoms with van der Waals surface area (Å²) >= 11 is 3.71. The number of Topliss-reactive ketones (excluding diaryl/α,β-unsaturated/α-hetero) is 1. The van der Waals surface area contributed by atoms with Crippen molar-refractivity contribution in [1.82, 2.24) is 4.90 Å². The molecule has 34 heavy (non-hydrogen) atoms. The molecule has 2 aromatic carbocycles. The Hall–Kier alpha value is -2.60. The van der Waals surface area contributed by atoms with Crippen molar-refractivity contribution in [2.75, 3.05) is 6.61 Å². The van der Waals surface area contributed by atoms with Crippen LogP contribution in [0.25, 0.3) is 0 Å². The minimum Gasteiger partial charge on any atom is -0.488 e. The van der Waals surface area contributed by atoms with Gasteiger partial charge in [-0.15, -0.1) is 0 Å². The summed E-state index contributed by atoms with van der Waals surface area (Å²) in [5.41, 5.74) is 3.61. The van der Waals surface area contributed by atoms with Gasteiger partial charge in [0, 0.05) is 18.2 Å². The van der Waals surface area contributed by atoms with Crippen LogP contribution in [0.3, 0.4) is 0 Å². The van der Waals surface area contributed by atoms with E-state index in [-0.39, 0.29) is 36.0 Å². The molecule has 2 aliphatic heterocycles. The summed E-state index contributed by atoms with van der Waals surface area (Å²) in [7, 11) is 0. The highest BCUT2D eigenvalue weighted by Crippen LogP contribution is 2.51. The van der Waals surface area contributed by atoms with Gasteiger partial charge in [0.15, 0.2) is 5.78 Å². The number of carbonyl (C=O) groups excluding carboxylic acids is 2. The molecule has 1 atom stereocenters. The second-order valence-corrected chi connectivity index (χ2v) is 10.4. The maximum atomic E-state index is 13.0. The van der Waals surface area contributed by atoms with Crippen molar-refractivity contribution in [2.45, 2.75) is 70.1 Å². The van der Waals surface area contributed by atoms with Crippen molar-refractivity contribution in [2.24, 2.45) is 0 Å². The first kappa shape index (κ1) is 23.2. The Morgan fingerprint density at radius 1 is 1.15 bits per heavy atom. The molecule has 5 rings (SSSR count). The van der Waals surface area contributed by atoms with Gasteiger partial charge in [-0.2, -0.15) is 0 Å².